The van der Waals surface area contributed by atoms with Crippen LogP contribution in [-0.4, -0.2) is 31.8 Å². The number of ether oxygens (including phenoxy) is 3. The highest BCUT2D eigenvalue weighted by Gasteiger charge is 2.15. The third-order valence-corrected chi connectivity index (χ3v) is 3.27. The van der Waals surface area contributed by atoms with E-state index in [1.807, 2.05) is 12.1 Å². The van der Waals surface area contributed by atoms with Gasteiger partial charge in [-0.2, -0.15) is 0 Å². The van der Waals surface area contributed by atoms with Crippen LogP contribution in [0.2, 0.25) is 0 Å². The first kappa shape index (κ1) is 16.6. The van der Waals surface area contributed by atoms with Gasteiger partial charge in [-0.1, -0.05) is 0 Å². The molecule has 0 radical (unpaired) electrons. The molecule has 0 saturated heterocycles. The first-order chi connectivity index (χ1) is 11.1. The first-order valence-corrected chi connectivity index (χ1v) is 7.05. The first-order valence-electron chi connectivity index (χ1n) is 7.05. The molecule has 2 aromatic rings. The minimum absolute atomic E-state index is 0.193. The molecule has 0 spiro atoms. The fourth-order valence-corrected chi connectivity index (χ4v) is 2.16. The van der Waals surface area contributed by atoms with Crippen LogP contribution in [0.5, 0.6) is 23.0 Å². The lowest BCUT2D eigenvalue weighted by Crippen LogP contribution is -2.04. The van der Waals surface area contributed by atoms with Gasteiger partial charge in [0, 0.05) is 0 Å². The molecule has 122 valence electrons. The lowest BCUT2D eigenvalue weighted by atomic mass is 10.1. The third-order valence-electron chi connectivity index (χ3n) is 3.27. The van der Waals surface area contributed by atoms with Crippen molar-refractivity contribution in [2.45, 2.75) is 6.42 Å². The summed E-state index contributed by atoms with van der Waals surface area (Å²) >= 11 is 0. The second-order valence-corrected chi connectivity index (χ2v) is 4.80. The van der Waals surface area contributed by atoms with Crippen molar-refractivity contribution in [2.75, 3.05) is 20.8 Å². The van der Waals surface area contributed by atoms with Crippen molar-refractivity contribution < 1.29 is 24.1 Å². The fraction of sp³-hybridized carbons (Fsp3) is 0.235. The summed E-state index contributed by atoms with van der Waals surface area (Å²) in [6.07, 6.45) is 0.675. The Hall–Kier alpha value is -2.73. The van der Waals surface area contributed by atoms with Crippen LogP contribution in [0.15, 0.2) is 36.4 Å². The van der Waals surface area contributed by atoms with Crippen LogP contribution >= 0.6 is 0 Å². The highest BCUT2D eigenvalue weighted by Crippen LogP contribution is 2.40. The summed E-state index contributed by atoms with van der Waals surface area (Å²) in [6.45, 7) is 0.502. The number of aromatic carboxylic acids is 1. The van der Waals surface area contributed by atoms with Crippen LogP contribution in [0.3, 0.4) is 0 Å². The Morgan fingerprint density at radius 3 is 2.26 bits per heavy atom. The molecule has 6 nitrogen and oxygen atoms in total. The number of hydrogen-bond acceptors (Lipinski definition) is 5. The zero-order valence-corrected chi connectivity index (χ0v) is 13.0. The predicted molar refractivity (Wildman–Crippen MR) is 85.8 cm³/mol. The van der Waals surface area contributed by atoms with Gasteiger partial charge in [0.05, 0.1) is 19.8 Å². The summed E-state index contributed by atoms with van der Waals surface area (Å²) in [4.78, 5) is 10.9. The summed E-state index contributed by atoms with van der Waals surface area (Å²) in [6, 6.07) is 9.82. The van der Waals surface area contributed by atoms with E-state index in [4.69, 9.17) is 25.1 Å². The van der Waals surface area contributed by atoms with Crippen LogP contribution < -0.4 is 19.9 Å². The number of carboxylic acids is 1. The van der Waals surface area contributed by atoms with Crippen molar-refractivity contribution in [3.05, 3.63) is 47.5 Å². The van der Waals surface area contributed by atoms with Gasteiger partial charge in [-0.05, 0) is 54.9 Å². The molecule has 0 heterocycles. The van der Waals surface area contributed by atoms with E-state index in [1.165, 1.54) is 19.2 Å². The van der Waals surface area contributed by atoms with Crippen LogP contribution in [0, 0.1) is 0 Å². The van der Waals surface area contributed by atoms with Crippen molar-refractivity contribution >= 4 is 5.97 Å². The quantitative estimate of drug-likeness (QED) is 0.816. The van der Waals surface area contributed by atoms with Gasteiger partial charge in [-0.15, -0.1) is 0 Å². The maximum absolute atomic E-state index is 10.9. The Morgan fingerprint density at radius 1 is 1.09 bits per heavy atom. The summed E-state index contributed by atoms with van der Waals surface area (Å²) in [5, 5.41) is 8.92. The van der Waals surface area contributed by atoms with E-state index >= 15 is 0 Å². The molecule has 2 aromatic carbocycles. The summed E-state index contributed by atoms with van der Waals surface area (Å²) in [5.74, 6) is 1.02. The number of carboxylic acid groups (broad SMARTS) is 1. The van der Waals surface area contributed by atoms with Gasteiger partial charge < -0.3 is 25.1 Å². The van der Waals surface area contributed by atoms with E-state index in [0.29, 0.717) is 36.0 Å². The highest BCUT2D eigenvalue weighted by atomic mass is 16.5. The van der Waals surface area contributed by atoms with Crippen LogP contribution in [0.4, 0.5) is 0 Å². The molecule has 6 heteroatoms. The molecular weight excluding hydrogens is 298 g/mol. The van der Waals surface area contributed by atoms with E-state index in [2.05, 4.69) is 0 Å². The van der Waals surface area contributed by atoms with Crippen molar-refractivity contribution in [1.82, 2.24) is 0 Å². The van der Waals surface area contributed by atoms with Gasteiger partial charge >= 0.3 is 5.97 Å². The van der Waals surface area contributed by atoms with Crippen molar-refractivity contribution in [3.63, 3.8) is 0 Å². The molecule has 0 aromatic heterocycles. The summed E-state index contributed by atoms with van der Waals surface area (Å²) < 4.78 is 16.5. The molecular formula is C17H19NO5. The Morgan fingerprint density at radius 2 is 1.74 bits per heavy atom. The number of hydrogen-bond donors (Lipinski definition) is 2. The lowest BCUT2D eigenvalue weighted by molar-refractivity contribution is 0.0697. The van der Waals surface area contributed by atoms with Gasteiger partial charge in [-0.25, -0.2) is 4.79 Å². The molecule has 0 atom stereocenters. The predicted octanol–water partition coefficient (Wildman–Crippen LogP) is 2.70. The van der Waals surface area contributed by atoms with Crippen molar-refractivity contribution in [1.29, 1.82) is 0 Å². The zero-order valence-electron chi connectivity index (χ0n) is 13.0. The molecule has 0 unspecified atom stereocenters. The van der Waals surface area contributed by atoms with E-state index in [0.717, 1.165) is 5.56 Å². The fourth-order valence-electron chi connectivity index (χ4n) is 2.16. The molecule has 0 aliphatic rings. The normalized spacial score (nSPS) is 10.2. The van der Waals surface area contributed by atoms with Crippen LogP contribution in [-0.2, 0) is 6.42 Å². The number of methoxy groups -OCH3 is 2. The van der Waals surface area contributed by atoms with Crippen molar-refractivity contribution in [2.24, 2.45) is 5.73 Å². The second-order valence-electron chi connectivity index (χ2n) is 4.80. The Bertz CT molecular complexity index is 682. The molecule has 0 fully saturated rings. The average Bonchev–Trinajstić information content (AvgIpc) is 2.55. The Kier molecular flexibility index (Phi) is 5.43. The Balaban J connectivity index is 2.36. The molecule has 2 rings (SSSR count). The molecule has 0 amide bonds. The molecule has 3 N–H and O–H groups in total. The van der Waals surface area contributed by atoms with E-state index < -0.39 is 5.97 Å². The topological polar surface area (TPSA) is 91.0 Å². The number of benzene rings is 2. The highest BCUT2D eigenvalue weighted by molar-refractivity contribution is 5.87. The molecule has 0 saturated carbocycles. The minimum atomic E-state index is -0.985. The average molecular weight is 317 g/mol. The molecule has 0 aliphatic carbocycles. The monoisotopic (exact) mass is 317 g/mol. The number of carbonyl (C=O) groups is 1. The van der Waals surface area contributed by atoms with Gasteiger partial charge in [-0.3, -0.25) is 0 Å². The molecule has 0 bridgehead atoms. The number of nitrogens with two attached hydrogens (primary N) is 1. The number of rotatable bonds is 7. The van der Waals surface area contributed by atoms with Crippen molar-refractivity contribution in [3.8, 4) is 23.0 Å². The third kappa shape index (κ3) is 3.92. The van der Waals surface area contributed by atoms with Gasteiger partial charge in [0.2, 0.25) is 5.75 Å². The Labute approximate surface area is 134 Å². The minimum Gasteiger partial charge on any atom is -0.493 e. The largest absolute Gasteiger partial charge is 0.493 e. The van der Waals surface area contributed by atoms with E-state index in [-0.39, 0.29) is 5.56 Å². The van der Waals surface area contributed by atoms with Gasteiger partial charge in [0.25, 0.3) is 0 Å². The summed E-state index contributed by atoms with van der Waals surface area (Å²) in [5.41, 5.74) is 6.76. The van der Waals surface area contributed by atoms with Crippen LogP contribution in [0.25, 0.3) is 0 Å². The lowest BCUT2D eigenvalue weighted by Gasteiger charge is -2.15. The summed E-state index contributed by atoms with van der Waals surface area (Å²) in [7, 11) is 3.08. The van der Waals surface area contributed by atoms with Gasteiger partial charge in [0.15, 0.2) is 11.5 Å². The SMILES string of the molecule is COc1cc(CCN)cc(Oc2ccc(C(=O)O)cc2)c1OC. The van der Waals surface area contributed by atoms with Gasteiger partial charge in [0.1, 0.15) is 5.75 Å². The second kappa shape index (κ2) is 7.51. The maximum atomic E-state index is 10.9. The standard InChI is InChI=1S/C17H19NO5/c1-21-14-9-11(7-8-18)10-15(16(14)22-2)23-13-5-3-12(4-6-13)17(19)20/h3-6,9-10H,7-8,18H2,1-2H3,(H,19,20). The van der Waals surface area contributed by atoms with E-state index in [1.54, 1.807) is 19.2 Å². The smallest absolute Gasteiger partial charge is 0.335 e. The molecule has 23 heavy (non-hydrogen) atoms. The zero-order chi connectivity index (χ0) is 16.8. The van der Waals surface area contributed by atoms with E-state index in [9.17, 15) is 4.79 Å². The maximum Gasteiger partial charge on any atom is 0.335 e. The molecule has 0 aliphatic heterocycles. The van der Waals surface area contributed by atoms with Crippen LogP contribution in [0.1, 0.15) is 15.9 Å².